The number of benzene rings is 4. The first kappa shape index (κ1) is 74.7. The van der Waals surface area contributed by atoms with E-state index in [1.54, 1.807) is 7.11 Å². The van der Waals surface area contributed by atoms with Crippen LogP contribution < -0.4 is 4.52 Å². The van der Waals surface area contributed by atoms with Gasteiger partial charge in [-0.15, -0.1) is 0 Å². The van der Waals surface area contributed by atoms with Crippen LogP contribution in [0.4, 0.5) is 0 Å². The molecule has 0 bridgehead atoms. The monoisotopic (exact) mass is 1290 g/mol. The fourth-order valence-electron chi connectivity index (χ4n) is 6.39. The van der Waals surface area contributed by atoms with Gasteiger partial charge in [0.05, 0.1) is 13.2 Å². The van der Waals surface area contributed by atoms with Crippen molar-refractivity contribution in [3.05, 3.63) is 72.8 Å². The second-order valence-corrected chi connectivity index (χ2v) is 17.3. The van der Waals surface area contributed by atoms with Gasteiger partial charge in [0.25, 0.3) is 0 Å². The highest BCUT2D eigenvalue weighted by Gasteiger charge is 2.14. The Morgan fingerprint density at radius 2 is 0.420 bits per heavy atom. The minimum Gasteiger partial charge on any atom is -0.399 e. The standard InChI is InChI=1S/C53H79O34P/c1-54-14-15-55-56-16-17-57-58-18-19-59-60-20-21-61-62-22-23-63-64-24-25-65-66-26-27-67-68-28-29-69-70-30-31-71-72-32-33-73-74-34-35-75-76-36-37-77-78-38-39-79-80-40-41-81-82-42-43-83-84-44-45-85-88-86-50-12-10-46-6-2-4-8-48(46)52(50)53-49-9-5-3-7-47(49)11-13-51(53)87-88/h2-13H,14-45H2,1H3. The van der Waals surface area contributed by atoms with Gasteiger partial charge in [-0.25, -0.2) is 147 Å². The Morgan fingerprint density at radius 1 is 0.227 bits per heavy atom. The molecule has 0 aliphatic carbocycles. The maximum atomic E-state index is 6.31. The Labute approximate surface area is 506 Å². The molecule has 5 rings (SSSR count). The van der Waals surface area contributed by atoms with E-state index in [1.807, 2.05) is 48.5 Å². The van der Waals surface area contributed by atoms with Gasteiger partial charge in [-0.2, -0.15) is 0 Å². The van der Waals surface area contributed by atoms with Crippen LogP contribution in [0.3, 0.4) is 0 Å². The first-order valence-corrected chi connectivity index (χ1v) is 28.9. The van der Waals surface area contributed by atoms with Crippen LogP contribution in [0.15, 0.2) is 81.2 Å². The van der Waals surface area contributed by atoms with Crippen molar-refractivity contribution < 1.29 is 164 Å². The molecule has 0 amide bonds. The van der Waals surface area contributed by atoms with E-state index in [9.17, 15) is 0 Å². The van der Waals surface area contributed by atoms with E-state index in [4.69, 9.17) is 164 Å². The largest absolute Gasteiger partial charge is 0.399 e. The fourth-order valence-corrected chi connectivity index (χ4v) is 7.38. The number of ether oxygens (including phenoxy) is 1. The van der Waals surface area contributed by atoms with Crippen LogP contribution in [0.5, 0.6) is 0 Å². The summed E-state index contributed by atoms with van der Waals surface area (Å²) in [4.78, 5) is 148. The summed E-state index contributed by atoms with van der Waals surface area (Å²) < 4.78 is 23.4. The molecule has 0 N–H and O–H groups in total. The summed E-state index contributed by atoms with van der Waals surface area (Å²) in [6.07, 6.45) is 0. The molecule has 500 valence electrons. The molecule has 0 radical (unpaired) electrons. The predicted octanol–water partition coefficient (Wildman–Crippen LogP) is 5.89. The lowest BCUT2D eigenvalue weighted by Gasteiger charge is -2.07. The molecule has 0 spiro atoms. The molecule has 0 aliphatic heterocycles. The number of methoxy groups -OCH3 is 1. The summed E-state index contributed by atoms with van der Waals surface area (Å²) in [5.74, 6) is 0. The van der Waals surface area contributed by atoms with Gasteiger partial charge in [0.1, 0.15) is 209 Å². The molecular weight excluding hydrogens is 1210 g/mol. The van der Waals surface area contributed by atoms with Crippen LogP contribution in [-0.4, -0.2) is 219 Å². The third-order valence-electron chi connectivity index (χ3n) is 9.86. The second-order valence-electron chi connectivity index (χ2n) is 16.2. The van der Waals surface area contributed by atoms with Crippen molar-refractivity contribution in [1.29, 1.82) is 0 Å². The van der Waals surface area contributed by atoms with E-state index in [2.05, 4.69) is 24.3 Å². The van der Waals surface area contributed by atoms with Crippen LogP contribution in [0, 0.1) is 0 Å². The summed E-state index contributed by atoms with van der Waals surface area (Å²) in [6, 6.07) is 24.4. The van der Waals surface area contributed by atoms with Crippen molar-refractivity contribution in [1.82, 2.24) is 0 Å². The molecule has 88 heavy (non-hydrogen) atoms. The number of hydrogen-bond donors (Lipinski definition) is 0. The van der Waals surface area contributed by atoms with Crippen molar-refractivity contribution in [2.45, 2.75) is 0 Å². The second kappa shape index (κ2) is 54.7. The lowest BCUT2D eigenvalue weighted by Crippen LogP contribution is -2.14. The van der Waals surface area contributed by atoms with Crippen LogP contribution in [0.2, 0.25) is 0 Å². The zero-order chi connectivity index (χ0) is 61.4. The van der Waals surface area contributed by atoms with Crippen molar-refractivity contribution in [3.8, 4) is 0 Å². The Morgan fingerprint density at radius 3 is 0.636 bits per heavy atom. The zero-order valence-electron chi connectivity index (χ0n) is 48.9. The highest BCUT2D eigenvalue weighted by molar-refractivity contribution is 7.31. The maximum absolute atomic E-state index is 6.31. The third-order valence-corrected chi connectivity index (χ3v) is 10.9. The van der Waals surface area contributed by atoms with Crippen molar-refractivity contribution in [2.24, 2.45) is 0 Å². The molecule has 0 fully saturated rings. The van der Waals surface area contributed by atoms with E-state index in [0.29, 0.717) is 24.4 Å². The van der Waals surface area contributed by atoms with Gasteiger partial charge < -0.3 is 13.1 Å². The summed E-state index contributed by atoms with van der Waals surface area (Å²) in [5, 5.41) is 6.24. The minimum atomic E-state index is -1.79. The predicted molar refractivity (Wildman–Crippen MR) is 293 cm³/mol. The average molecular weight is 1290 g/mol. The van der Waals surface area contributed by atoms with E-state index in [-0.39, 0.29) is 198 Å². The van der Waals surface area contributed by atoms with E-state index < -0.39 is 8.24 Å². The topological polar surface area (TPSA) is 322 Å². The minimum absolute atomic E-state index is 0.0931. The Hall–Kier alpha value is -3.98. The SMILES string of the molecule is COCCOOCCOOCCOOCCOOCCOOCCOOCCOOCCOOCCOOCCOOCCOOCCOOCCOOCCOOCCOOCCOp1oc2ccc3ccccc3c2c2c(ccc3ccccc32)o1. The van der Waals surface area contributed by atoms with Crippen LogP contribution in [0.25, 0.3) is 43.5 Å². The summed E-state index contributed by atoms with van der Waals surface area (Å²) in [6.45, 7) is 4.14. The molecule has 0 atom stereocenters. The van der Waals surface area contributed by atoms with Gasteiger partial charge in [0.15, 0.2) is 0 Å². The molecular formula is C53H79O34P. The highest BCUT2D eigenvalue weighted by Crippen LogP contribution is 2.40. The Kier molecular flexibility index (Phi) is 46.5. The highest BCUT2D eigenvalue weighted by atomic mass is 31.1. The summed E-state index contributed by atoms with van der Waals surface area (Å²) in [5.41, 5.74) is 1.36. The first-order chi connectivity index (χ1) is 43.8. The average Bonchev–Trinajstić information content (AvgIpc) is 3.13. The zero-order valence-corrected chi connectivity index (χ0v) is 49.8. The normalized spacial score (nSPS) is 11.9. The molecule has 0 unspecified atom stereocenters. The first-order valence-electron chi connectivity index (χ1n) is 27.8. The van der Waals surface area contributed by atoms with Gasteiger partial charge in [-0.05, 0) is 33.7 Å². The van der Waals surface area contributed by atoms with E-state index in [1.165, 1.54) is 0 Å². The molecule has 4 aromatic carbocycles. The van der Waals surface area contributed by atoms with Crippen LogP contribution >= 0.6 is 8.24 Å². The number of hydrogen-bond acceptors (Lipinski definition) is 34. The van der Waals surface area contributed by atoms with Crippen LogP contribution in [0.1, 0.15) is 0 Å². The summed E-state index contributed by atoms with van der Waals surface area (Å²) in [7, 11) is -0.227. The quantitative estimate of drug-likeness (QED) is 0.0249. The maximum Gasteiger partial charge on any atom is 0.387 e. The molecule has 0 saturated heterocycles. The third kappa shape index (κ3) is 36.8. The van der Waals surface area contributed by atoms with Crippen molar-refractivity contribution in [3.63, 3.8) is 0 Å². The smallest absolute Gasteiger partial charge is 0.387 e. The molecule has 1 heterocycles. The van der Waals surface area contributed by atoms with Gasteiger partial charge in [0.2, 0.25) is 0 Å². The van der Waals surface area contributed by atoms with E-state index >= 15 is 0 Å². The lowest BCUT2D eigenvalue weighted by atomic mass is 9.99. The number of fused-ring (bicyclic) bond motifs is 7. The fraction of sp³-hybridized carbons (Fsp3) is 0.623. The van der Waals surface area contributed by atoms with Gasteiger partial charge in [-0.3, -0.25) is 4.52 Å². The van der Waals surface area contributed by atoms with Crippen LogP contribution in [-0.2, 0) is 151 Å². The Bertz CT molecular complexity index is 2330. The van der Waals surface area contributed by atoms with Crippen molar-refractivity contribution in [2.75, 3.05) is 219 Å². The molecule has 5 aromatic rings. The number of rotatable bonds is 64. The molecule has 0 aliphatic rings. The van der Waals surface area contributed by atoms with Gasteiger partial charge >= 0.3 is 8.24 Å². The molecule has 35 heteroatoms. The lowest BCUT2D eigenvalue weighted by molar-refractivity contribution is -0.381. The summed E-state index contributed by atoms with van der Waals surface area (Å²) >= 11 is 0. The van der Waals surface area contributed by atoms with Crippen molar-refractivity contribution >= 4 is 51.7 Å². The Balaban J connectivity index is 0.645. The van der Waals surface area contributed by atoms with Gasteiger partial charge in [0, 0.05) is 17.9 Å². The molecule has 34 nitrogen and oxygen atoms in total. The molecule has 0 saturated carbocycles. The molecule has 1 aromatic heterocycles. The van der Waals surface area contributed by atoms with E-state index in [0.717, 1.165) is 32.3 Å². The van der Waals surface area contributed by atoms with Gasteiger partial charge in [-0.1, -0.05) is 60.7 Å².